The predicted octanol–water partition coefficient (Wildman–Crippen LogP) is 6.04. The van der Waals surface area contributed by atoms with Crippen molar-refractivity contribution in [1.82, 2.24) is 9.38 Å². The third kappa shape index (κ3) is 4.43. The molecule has 6 heteroatoms. The van der Waals surface area contributed by atoms with E-state index in [0.717, 1.165) is 42.3 Å². The van der Waals surface area contributed by atoms with Gasteiger partial charge in [0.15, 0.2) is 0 Å². The van der Waals surface area contributed by atoms with Crippen molar-refractivity contribution in [3.8, 4) is 5.75 Å². The van der Waals surface area contributed by atoms with E-state index in [1.54, 1.807) is 12.1 Å². The van der Waals surface area contributed by atoms with Gasteiger partial charge in [-0.25, -0.2) is 4.98 Å². The van der Waals surface area contributed by atoms with E-state index in [1.807, 2.05) is 30.5 Å². The molecule has 0 spiro atoms. The van der Waals surface area contributed by atoms with Gasteiger partial charge >= 0.3 is 0 Å². The van der Waals surface area contributed by atoms with Gasteiger partial charge in [0, 0.05) is 18.8 Å². The fourth-order valence-electron chi connectivity index (χ4n) is 2.78. The fourth-order valence-corrected chi connectivity index (χ4v) is 3.07. The Hall–Kier alpha value is -1.91. The number of benzene rings is 1. The Bertz CT molecular complexity index is 877. The zero-order valence-corrected chi connectivity index (χ0v) is 16.5. The normalized spacial score (nSPS) is 11.3. The van der Waals surface area contributed by atoms with Crippen LogP contribution in [0.15, 0.2) is 42.6 Å². The summed E-state index contributed by atoms with van der Waals surface area (Å²) in [6, 6.07) is 11.4. The number of nitrogens with one attached hydrogen (secondary N) is 1. The summed E-state index contributed by atoms with van der Waals surface area (Å²) in [6.07, 6.45) is 3.99. The van der Waals surface area contributed by atoms with Gasteiger partial charge in [-0.2, -0.15) is 0 Å². The third-order valence-electron chi connectivity index (χ3n) is 4.13. The number of pyridine rings is 1. The number of imidazole rings is 1. The molecular weight excluding hydrogens is 369 g/mol. The lowest BCUT2D eigenvalue weighted by Crippen LogP contribution is -2.08. The highest BCUT2D eigenvalue weighted by Gasteiger charge is 2.14. The van der Waals surface area contributed by atoms with E-state index in [0.29, 0.717) is 22.6 Å². The van der Waals surface area contributed by atoms with Gasteiger partial charge in [-0.1, -0.05) is 43.1 Å². The number of halogens is 2. The van der Waals surface area contributed by atoms with E-state index < -0.39 is 0 Å². The molecule has 3 aromatic rings. The Morgan fingerprint density at radius 2 is 1.96 bits per heavy atom. The van der Waals surface area contributed by atoms with Crippen LogP contribution in [0.5, 0.6) is 5.75 Å². The van der Waals surface area contributed by atoms with Crippen LogP contribution < -0.4 is 10.1 Å². The van der Waals surface area contributed by atoms with Gasteiger partial charge in [-0.15, -0.1) is 0 Å². The Labute approximate surface area is 164 Å². The first-order valence-electron chi connectivity index (χ1n) is 8.85. The van der Waals surface area contributed by atoms with Crippen molar-refractivity contribution in [3.05, 3.63) is 58.3 Å². The van der Waals surface area contributed by atoms with Crippen LogP contribution in [0.2, 0.25) is 10.0 Å². The highest BCUT2D eigenvalue weighted by molar-refractivity contribution is 6.42. The topological polar surface area (TPSA) is 38.6 Å². The van der Waals surface area contributed by atoms with Crippen molar-refractivity contribution in [3.63, 3.8) is 0 Å². The highest BCUT2D eigenvalue weighted by atomic mass is 35.5. The molecule has 0 aliphatic rings. The number of unbranched alkanes of at least 4 members (excludes halogenated alkanes) is 1. The summed E-state index contributed by atoms with van der Waals surface area (Å²) < 4.78 is 7.84. The van der Waals surface area contributed by atoms with Crippen LogP contribution in [0.3, 0.4) is 0 Å². The molecule has 2 aromatic heterocycles. The molecule has 0 amide bonds. The molecule has 3 rings (SSSR count). The minimum atomic E-state index is 0.371. The Kier molecular flexibility index (Phi) is 6.28. The van der Waals surface area contributed by atoms with Crippen LogP contribution in [-0.4, -0.2) is 22.5 Å². The van der Waals surface area contributed by atoms with Crippen molar-refractivity contribution in [2.24, 2.45) is 0 Å². The van der Waals surface area contributed by atoms with Crippen LogP contribution in [0, 0.1) is 0 Å². The molecule has 0 radical (unpaired) electrons. The number of nitrogens with zero attached hydrogens (tertiary/aromatic N) is 2. The van der Waals surface area contributed by atoms with Crippen LogP contribution in [-0.2, 0) is 0 Å². The molecular formula is C20H23Cl2N3O. The van der Waals surface area contributed by atoms with Crippen LogP contribution in [0.25, 0.3) is 5.65 Å². The molecule has 138 valence electrons. The molecule has 1 N–H and O–H groups in total. The number of rotatable bonds is 8. The minimum Gasteiger partial charge on any atom is -0.494 e. The van der Waals surface area contributed by atoms with Crippen molar-refractivity contribution < 1.29 is 4.74 Å². The van der Waals surface area contributed by atoms with Gasteiger partial charge in [0.2, 0.25) is 0 Å². The maximum atomic E-state index is 5.99. The Balaban J connectivity index is 1.50. The first kappa shape index (κ1) is 18.9. The highest BCUT2D eigenvalue weighted by Crippen LogP contribution is 2.27. The lowest BCUT2D eigenvalue weighted by atomic mass is 10.1. The average molecular weight is 392 g/mol. The van der Waals surface area contributed by atoms with Crippen molar-refractivity contribution in [2.45, 2.75) is 32.6 Å². The third-order valence-corrected chi connectivity index (χ3v) is 4.87. The molecule has 26 heavy (non-hydrogen) atoms. The molecule has 0 aliphatic carbocycles. The Morgan fingerprint density at radius 1 is 1.12 bits per heavy atom. The molecule has 0 fully saturated rings. The smallest absolute Gasteiger partial charge is 0.138 e. The van der Waals surface area contributed by atoms with Gasteiger partial charge < -0.3 is 10.1 Å². The van der Waals surface area contributed by atoms with Crippen LogP contribution in [0.1, 0.15) is 38.3 Å². The van der Waals surface area contributed by atoms with Crippen molar-refractivity contribution >= 4 is 34.7 Å². The average Bonchev–Trinajstić information content (AvgIpc) is 3.00. The second-order valence-corrected chi connectivity index (χ2v) is 7.30. The van der Waals surface area contributed by atoms with E-state index in [2.05, 4.69) is 23.6 Å². The van der Waals surface area contributed by atoms with Crippen LogP contribution >= 0.6 is 23.2 Å². The molecule has 2 heterocycles. The number of fused-ring (bicyclic) bond motifs is 1. The van der Waals surface area contributed by atoms with E-state index in [1.165, 1.54) is 0 Å². The number of aromatic nitrogens is 2. The maximum Gasteiger partial charge on any atom is 0.138 e. The van der Waals surface area contributed by atoms with E-state index in [9.17, 15) is 0 Å². The number of hydrogen-bond donors (Lipinski definition) is 1. The fraction of sp³-hybridized carbons (Fsp3) is 0.350. The lowest BCUT2D eigenvalue weighted by Gasteiger charge is -2.11. The predicted molar refractivity (Wildman–Crippen MR) is 109 cm³/mol. The van der Waals surface area contributed by atoms with Gasteiger partial charge in [0.25, 0.3) is 0 Å². The molecule has 4 nitrogen and oxygen atoms in total. The summed E-state index contributed by atoms with van der Waals surface area (Å²) in [5, 5.41) is 4.59. The second kappa shape index (κ2) is 8.65. The Morgan fingerprint density at radius 3 is 2.73 bits per heavy atom. The number of hydrogen-bond acceptors (Lipinski definition) is 3. The monoisotopic (exact) mass is 391 g/mol. The summed E-state index contributed by atoms with van der Waals surface area (Å²) in [5.41, 5.74) is 2.07. The molecule has 0 atom stereocenters. The van der Waals surface area contributed by atoms with Gasteiger partial charge in [0.05, 0.1) is 22.3 Å². The van der Waals surface area contributed by atoms with Gasteiger partial charge in [-0.3, -0.25) is 4.40 Å². The van der Waals surface area contributed by atoms with Gasteiger partial charge in [0.1, 0.15) is 17.2 Å². The summed E-state index contributed by atoms with van der Waals surface area (Å²) in [7, 11) is 0. The minimum absolute atomic E-state index is 0.371. The molecule has 0 aliphatic heterocycles. The SMILES string of the molecule is CC(C)c1nc2ccccn2c1NCCCCOc1ccc(Cl)c(Cl)c1. The largest absolute Gasteiger partial charge is 0.494 e. The molecule has 0 saturated heterocycles. The number of anilines is 1. The molecule has 1 aromatic carbocycles. The van der Waals surface area contributed by atoms with E-state index in [4.69, 9.17) is 32.9 Å². The van der Waals surface area contributed by atoms with Crippen LogP contribution in [0.4, 0.5) is 5.82 Å². The maximum absolute atomic E-state index is 5.99. The van der Waals surface area contributed by atoms with E-state index >= 15 is 0 Å². The van der Waals surface area contributed by atoms with E-state index in [-0.39, 0.29) is 0 Å². The zero-order valence-electron chi connectivity index (χ0n) is 15.0. The van der Waals surface area contributed by atoms with Gasteiger partial charge in [-0.05, 0) is 43.0 Å². The zero-order chi connectivity index (χ0) is 18.5. The second-order valence-electron chi connectivity index (χ2n) is 6.49. The first-order chi connectivity index (χ1) is 12.6. The summed E-state index contributed by atoms with van der Waals surface area (Å²) >= 11 is 11.9. The molecule has 0 bridgehead atoms. The lowest BCUT2D eigenvalue weighted by molar-refractivity contribution is 0.308. The van der Waals surface area contributed by atoms with Crippen molar-refractivity contribution in [1.29, 1.82) is 0 Å². The van der Waals surface area contributed by atoms with Crippen molar-refractivity contribution in [2.75, 3.05) is 18.5 Å². The molecule has 0 saturated carbocycles. The quantitative estimate of drug-likeness (QED) is 0.475. The summed E-state index contributed by atoms with van der Waals surface area (Å²) in [4.78, 5) is 4.73. The first-order valence-corrected chi connectivity index (χ1v) is 9.60. The standard InChI is InChI=1S/C20H23Cl2N3O/c1-14(2)19-20(25-11-5-3-7-18(25)24-19)23-10-4-6-12-26-15-8-9-16(21)17(22)13-15/h3,5,7-9,11,13-14,23H,4,6,10,12H2,1-2H3. The number of ether oxygens (including phenoxy) is 1. The summed E-state index contributed by atoms with van der Waals surface area (Å²) in [5.74, 6) is 2.20. The molecule has 0 unspecified atom stereocenters. The summed E-state index contributed by atoms with van der Waals surface area (Å²) in [6.45, 7) is 5.84.